The molecule has 1 aliphatic heterocycles. The van der Waals surface area contributed by atoms with E-state index in [0.29, 0.717) is 42.9 Å². The fraction of sp³-hybridized carbons (Fsp3) is 0.400. The number of rotatable bonds is 5. The minimum Gasteiger partial charge on any atom is -0.489 e. The first-order valence-corrected chi connectivity index (χ1v) is 9.59. The Morgan fingerprint density at radius 1 is 1.31 bits per heavy atom. The molecule has 1 aliphatic rings. The summed E-state index contributed by atoms with van der Waals surface area (Å²) in [6, 6.07) is 9.30. The molecule has 1 aromatic carbocycles. The smallest absolute Gasteiger partial charge is 0.345 e. The van der Waals surface area contributed by atoms with Crippen LogP contribution in [0.1, 0.15) is 40.5 Å². The number of hydrogen-bond acceptors (Lipinski definition) is 6. The maximum Gasteiger partial charge on any atom is 0.345 e. The van der Waals surface area contributed by atoms with E-state index in [1.807, 2.05) is 30.3 Å². The number of fused-ring (bicyclic) bond motifs is 1. The predicted molar refractivity (Wildman–Crippen MR) is 104 cm³/mol. The van der Waals surface area contributed by atoms with Crippen molar-refractivity contribution >= 4 is 5.91 Å². The summed E-state index contributed by atoms with van der Waals surface area (Å²) in [5.41, 5.74) is 0.734. The van der Waals surface area contributed by atoms with E-state index < -0.39 is 0 Å². The molecule has 1 amide bonds. The minimum atomic E-state index is -0.300. The topological polar surface area (TPSA) is 104 Å². The van der Waals surface area contributed by atoms with Crippen LogP contribution in [0.5, 0.6) is 5.75 Å². The van der Waals surface area contributed by atoms with Gasteiger partial charge in [-0.05, 0) is 31.9 Å². The van der Waals surface area contributed by atoms with Gasteiger partial charge in [0.05, 0.1) is 5.56 Å². The van der Waals surface area contributed by atoms with Crippen molar-refractivity contribution in [3.8, 4) is 5.75 Å². The quantitative estimate of drug-likeness (QED) is 0.701. The first-order chi connectivity index (χ1) is 14.0. The van der Waals surface area contributed by atoms with Crippen molar-refractivity contribution in [2.45, 2.75) is 45.4 Å². The van der Waals surface area contributed by atoms with Crippen LogP contribution < -0.4 is 15.7 Å². The van der Waals surface area contributed by atoms with Gasteiger partial charge in [-0.25, -0.2) is 9.48 Å². The van der Waals surface area contributed by atoms with Crippen molar-refractivity contribution in [1.29, 1.82) is 0 Å². The molecule has 9 heteroatoms. The number of carbonyl (C=O) groups excluding carboxylic acids is 1. The first-order valence-electron chi connectivity index (χ1n) is 9.59. The van der Waals surface area contributed by atoms with Crippen molar-refractivity contribution in [2.75, 3.05) is 0 Å². The van der Waals surface area contributed by atoms with E-state index in [-0.39, 0.29) is 29.9 Å². The Bertz CT molecular complexity index is 1070. The molecule has 2 aromatic heterocycles. The number of aryl methyl sites for hydroxylation is 3. The van der Waals surface area contributed by atoms with E-state index >= 15 is 0 Å². The van der Waals surface area contributed by atoms with Crippen molar-refractivity contribution in [2.24, 2.45) is 7.05 Å². The van der Waals surface area contributed by atoms with Crippen molar-refractivity contribution in [3.63, 3.8) is 0 Å². The number of amides is 1. The van der Waals surface area contributed by atoms with Gasteiger partial charge in [-0.1, -0.05) is 23.4 Å². The van der Waals surface area contributed by atoms with Gasteiger partial charge in [0.2, 0.25) is 0 Å². The third-order valence-corrected chi connectivity index (χ3v) is 5.16. The van der Waals surface area contributed by atoms with Gasteiger partial charge in [-0.2, -0.15) is 5.10 Å². The maximum absolute atomic E-state index is 12.8. The number of para-hydroxylation sites is 1. The number of hydrogen-bond donors (Lipinski definition) is 1. The predicted octanol–water partition coefficient (Wildman–Crippen LogP) is 1.59. The normalized spacial score (nSPS) is 16.1. The standard InChI is InChI=1S/C20H23N5O4/c1-13-16(12-28-15-6-4-3-5-7-15)18(23-29-13)19(26)21-14-8-9-17-22-24(2)20(27)25(17)11-10-14/h3-7,14H,8-12H2,1-2H3,(H,21,26). The summed E-state index contributed by atoms with van der Waals surface area (Å²) in [5.74, 6) is 1.71. The summed E-state index contributed by atoms with van der Waals surface area (Å²) < 4.78 is 14.0. The van der Waals surface area contributed by atoms with Crippen LogP contribution in [-0.2, 0) is 26.6 Å². The summed E-state index contributed by atoms with van der Waals surface area (Å²) in [6.45, 7) is 2.47. The molecule has 0 bridgehead atoms. The average molecular weight is 397 g/mol. The Hall–Kier alpha value is -3.36. The molecule has 0 saturated carbocycles. The van der Waals surface area contributed by atoms with Crippen LogP contribution in [0.2, 0.25) is 0 Å². The van der Waals surface area contributed by atoms with Gasteiger partial charge in [0.15, 0.2) is 5.69 Å². The number of ether oxygens (including phenoxy) is 1. The number of nitrogens with one attached hydrogen (secondary N) is 1. The molecule has 0 radical (unpaired) electrons. The largest absolute Gasteiger partial charge is 0.489 e. The molecule has 29 heavy (non-hydrogen) atoms. The molecule has 0 spiro atoms. The second-order valence-electron chi connectivity index (χ2n) is 7.14. The lowest BCUT2D eigenvalue weighted by Gasteiger charge is -2.15. The molecule has 0 fully saturated rings. The maximum atomic E-state index is 12.8. The van der Waals surface area contributed by atoms with Crippen LogP contribution in [0, 0.1) is 6.92 Å². The lowest BCUT2D eigenvalue weighted by Crippen LogP contribution is -2.36. The Morgan fingerprint density at radius 2 is 2.10 bits per heavy atom. The number of nitrogens with zero attached hydrogens (tertiary/aromatic N) is 4. The lowest BCUT2D eigenvalue weighted by atomic mass is 10.1. The molecular formula is C20H23N5O4. The monoisotopic (exact) mass is 397 g/mol. The highest BCUT2D eigenvalue weighted by Gasteiger charge is 2.25. The molecule has 0 aliphatic carbocycles. The lowest BCUT2D eigenvalue weighted by molar-refractivity contribution is 0.0921. The van der Waals surface area contributed by atoms with E-state index in [2.05, 4.69) is 15.6 Å². The Kier molecular flexibility index (Phi) is 5.20. The number of carbonyl (C=O) groups is 1. The van der Waals surface area contributed by atoms with Gasteiger partial charge >= 0.3 is 5.69 Å². The highest BCUT2D eigenvalue weighted by molar-refractivity contribution is 5.94. The Balaban J connectivity index is 1.42. The molecule has 3 heterocycles. The van der Waals surface area contributed by atoms with Gasteiger partial charge in [0.1, 0.15) is 23.9 Å². The van der Waals surface area contributed by atoms with Crippen molar-refractivity contribution in [1.82, 2.24) is 24.8 Å². The molecule has 1 unspecified atom stereocenters. The second-order valence-corrected chi connectivity index (χ2v) is 7.14. The zero-order valence-electron chi connectivity index (χ0n) is 16.4. The fourth-order valence-corrected chi connectivity index (χ4v) is 3.51. The summed E-state index contributed by atoms with van der Waals surface area (Å²) in [7, 11) is 1.65. The third-order valence-electron chi connectivity index (χ3n) is 5.16. The van der Waals surface area contributed by atoms with Crippen LogP contribution in [0.3, 0.4) is 0 Å². The van der Waals surface area contributed by atoms with Gasteiger partial charge in [0.25, 0.3) is 5.91 Å². The van der Waals surface area contributed by atoms with E-state index in [0.717, 1.165) is 5.82 Å². The second kappa shape index (κ2) is 7.94. The van der Waals surface area contributed by atoms with Crippen molar-refractivity contribution < 1.29 is 14.1 Å². The molecule has 0 saturated heterocycles. The van der Waals surface area contributed by atoms with Crippen LogP contribution in [-0.4, -0.2) is 31.5 Å². The number of benzene rings is 1. The first kappa shape index (κ1) is 19.0. The summed E-state index contributed by atoms with van der Waals surface area (Å²) >= 11 is 0. The SMILES string of the molecule is Cc1onc(C(=O)NC2CCc3nn(C)c(=O)n3CC2)c1COc1ccccc1. The van der Waals surface area contributed by atoms with Crippen LogP contribution in [0.4, 0.5) is 0 Å². The van der Waals surface area contributed by atoms with Gasteiger partial charge in [0, 0.05) is 26.1 Å². The molecular weight excluding hydrogens is 374 g/mol. The average Bonchev–Trinajstić information content (AvgIpc) is 3.14. The highest BCUT2D eigenvalue weighted by Crippen LogP contribution is 2.19. The molecule has 1 atom stereocenters. The third kappa shape index (κ3) is 3.94. The van der Waals surface area contributed by atoms with Crippen LogP contribution >= 0.6 is 0 Å². The van der Waals surface area contributed by atoms with E-state index in [1.165, 1.54) is 4.68 Å². The summed E-state index contributed by atoms with van der Waals surface area (Å²) in [5, 5.41) is 11.2. The van der Waals surface area contributed by atoms with E-state index in [1.54, 1.807) is 18.5 Å². The van der Waals surface area contributed by atoms with Gasteiger partial charge in [-0.3, -0.25) is 9.36 Å². The van der Waals surface area contributed by atoms with Gasteiger partial charge < -0.3 is 14.6 Å². The van der Waals surface area contributed by atoms with Crippen LogP contribution in [0.25, 0.3) is 0 Å². The molecule has 4 rings (SSSR count). The van der Waals surface area contributed by atoms with Gasteiger partial charge in [-0.15, -0.1) is 0 Å². The number of aromatic nitrogens is 4. The van der Waals surface area contributed by atoms with Crippen molar-refractivity contribution in [3.05, 3.63) is 63.7 Å². The fourth-order valence-electron chi connectivity index (χ4n) is 3.51. The zero-order valence-corrected chi connectivity index (χ0v) is 16.4. The van der Waals surface area contributed by atoms with Crippen LogP contribution in [0.15, 0.2) is 39.6 Å². The summed E-state index contributed by atoms with van der Waals surface area (Å²) in [6.07, 6.45) is 1.98. The molecule has 152 valence electrons. The van der Waals surface area contributed by atoms with E-state index in [9.17, 15) is 9.59 Å². The molecule has 1 N–H and O–H groups in total. The summed E-state index contributed by atoms with van der Waals surface area (Å²) in [4.78, 5) is 24.9. The van der Waals surface area contributed by atoms with E-state index in [4.69, 9.17) is 9.26 Å². The highest BCUT2D eigenvalue weighted by atomic mass is 16.5. The minimum absolute atomic E-state index is 0.0752. The Labute approximate surface area is 167 Å². The Morgan fingerprint density at radius 3 is 2.90 bits per heavy atom. The molecule has 9 nitrogen and oxygen atoms in total. The molecule has 3 aromatic rings. The zero-order chi connectivity index (χ0) is 20.4.